The van der Waals surface area contributed by atoms with Crippen molar-refractivity contribution in [3.05, 3.63) is 47.8 Å². The van der Waals surface area contributed by atoms with Crippen LogP contribution in [0.4, 0.5) is 10.6 Å². The predicted molar refractivity (Wildman–Crippen MR) is 131 cm³/mol. The second kappa shape index (κ2) is 12.5. The van der Waals surface area contributed by atoms with E-state index in [1.807, 2.05) is 44.2 Å². The first kappa shape index (κ1) is 25.6. The number of hydrogen-bond acceptors (Lipinski definition) is 7. The lowest BCUT2D eigenvalue weighted by Gasteiger charge is -2.12. The summed E-state index contributed by atoms with van der Waals surface area (Å²) in [7, 11) is 1.60. The number of nitrogens with zero attached hydrogens (tertiary/aromatic N) is 4. The summed E-state index contributed by atoms with van der Waals surface area (Å²) in [5.41, 5.74) is 4.75. The van der Waals surface area contributed by atoms with Crippen molar-refractivity contribution in [1.82, 2.24) is 30.5 Å². The zero-order chi connectivity index (χ0) is 25.2. The summed E-state index contributed by atoms with van der Waals surface area (Å²) in [6.45, 7) is 4.29. The van der Waals surface area contributed by atoms with Gasteiger partial charge in [0.2, 0.25) is 5.91 Å². The van der Waals surface area contributed by atoms with Crippen LogP contribution in [-0.2, 0) is 4.79 Å². The first-order chi connectivity index (χ1) is 16.9. The van der Waals surface area contributed by atoms with Crippen molar-refractivity contribution < 1.29 is 19.5 Å². The van der Waals surface area contributed by atoms with E-state index in [-0.39, 0.29) is 18.4 Å². The average Bonchev–Trinajstić information content (AvgIpc) is 3.20. The highest BCUT2D eigenvalue weighted by Gasteiger charge is 2.14. The smallest absolute Gasteiger partial charge is 0.320 e. The number of anilines is 1. The van der Waals surface area contributed by atoms with Gasteiger partial charge in [0, 0.05) is 30.3 Å². The maximum Gasteiger partial charge on any atom is 0.320 e. The molecular weight excluding hydrogens is 450 g/mol. The van der Waals surface area contributed by atoms with Crippen LogP contribution in [0.1, 0.15) is 43.5 Å². The van der Waals surface area contributed by atoms with Crippen molar-refractivity contribution in [2.75, 3.05) is 19.0 Å². The molecule has 0 aliphatic heterocycles. The van der Waals surface area contributed by atoms with Gasteiger partial charge in [0.25, 0.3) is 5.95 Å². The number of hydrogen-bond donors (Lipinski definition) is 4. The molecule has 35 heavy (non-hydrogen) atoms. The zero-order valence-electron chi connectivity index (χ0n) is 20.2. The van der Waals surface area contributed by atoms with Crippen LogP contribution >= 0.6 is 0 Å². The van der Waals surface area contributed by atoms with Crippen molar-refractivity contribution in [3.63, 3.8) is 0 Å². The van der Waals surface area contributed by atoms with Crippen LogP contribution in [0.15, 0.2) is 36.4 Å². The molecule has 0 fully saturated rings. The number of aryl methyl sites for hydroxylation is 2. The first-order valence-electron chi connectivity index (χ1n) is 11.4. The number of benzene rings is 1. The molecule has 0 saturated heterocycles. The zero-order valence-corrected chi connectivity index (χ0v) is 20.2. The molecule has 2 heterocycles. The van der Waals surface area contributed by atoms with E-state index in [0.717, 1.165) is 36.2 Å². The van der Waals surface area contributed by atoms with E-state index in [9.17, 15) is 9.59 Å². The largest absolute Gasteiger partial charge is 0.497 e. The molecule has 0 spiro atoms. The Hall–Kier alpha value is -3.99. The van der Waals surface area contributed by atoms with E-state index in [2.05, 4.69) is 25.7 Å². The molecule has 0 bridgehead atoms. The van der Waals surface area contributed by atoms with Crippen LogP contribution in [0.3, 0.4) is 0 Å². The normalized spacial score (nSPS) is 10.6. The van der Waals surface area contributed by atoms with Gasteiger partial charge >= 0.3 is 6.03 Å². The molecule has 1 aromatic carbocycles. The predicted octanol–water partition coefficient (Wildman–Crippen LogP) is 3.53. The second-order valence-corrected chi connectivity index (χ2v) is 8.09. The third-order valence-corrected chi connectivity index (χ3v) is 5.26. The quantitative estimate of drug-likeness (QED) is 0.186. The van der Waals surface area contributed by atoms with Gasteiger partial charge in [0.1, 0.15) is 11.6 Å². The Bertz CT molecular complexity index is 1160. The average molecular weight is 482 g/mol. The van der Waals surface area contributed by atoms with Gasteiger partial charge in [0.05, 0.1) is 18.5 Å². The monoisotopic (exact) mass is 481 g/mol. The lowest BCUT2D eigenvalue weighted by molar-refractivity contribution is -0.129. The first-order valence-corrected chi connectivity index (χ1v) is 11.4. The van der Waals surface area contributed by atoms with E-state index in [4.69, 9.17) is 9.94 Å². The number of ether oxygens (including phenoxy) is 1. The molecule has 3 amide bonds. The molecular formula is C24H31N7O4. The number of rotatable bonds is 11. The maximum absolute atomic E-state index is 12.5. The van der Waals surface area contributed by atoms with Crippen molar-refractivity contribution in [2.45, 2.75) is 46.0 Å². The van der Waals surface area contributed by atoms with Crippen LogP contribution in [0, 0.1) is 13.8 Å². The van der Waals surface area contributed by atoms with E-state index >= 15 is 0 Å². The molecule has 3 rings (SSSR count). The molecule has 0 atom stereocenters. The molecule has 0 radical (unpaired) electrons. The fourth-order valence-electron chi connectivity index (χ4n) is 3.54. The van der Waals surface area contributed by atoms with Gasteiger partial charge in [-0.2, -0.15) is 10.1 Å². The summed E-state index contributed by atoms with van der Waals surface area (Å²) in [6.07, 6.45) is 3.42. The molecule has 11 nitrogen and oxygen atoms in total. The standard InChI is InChI=1S/C24H31N7O4/c1-16-13-17(2)31(29-16)23-26-20(18-9-8-10-19(14-18)35-3)15-21(27-23)28-24(33)25-12-7-5-4-6-11-22(32)30-34/h8-10,13-15,34H,4-7,11-12H2,1-3H3,(H,30,32)(H2,25,26,27,28,33). The second-order valence-electron chi connectivity index (χ2n) is 8.09. The van der Waals surface area contributed by atoms with Gasteiger partial charge in [-0.3, -0.25) is 15.3 Å². The fourth-order valence-corrected chi connectivity index (χ4v) is 3.54. The Morgan fingerprint density at radius 3 is 2.57 bits per heavy atom. The summed E-state index contributed by atoms with van der Waals surface area (Å²) in [4.78, 5) is 32.7. The Morgan fingerprint density at radius 1 is 1.06 bits per heavy atom. The number of carbonyl (C=O) groups is 2. The summed E-state index contributed by atoms with van der Waals surface area (Å²) in [5.74, 6) is 0.990. The molecule has 3 aromatic rings. The lowest BCUT2D eigenvalue weighted by atomic mass is 10.1. The Labute approximate surface area is 203 Å². The molecule has 2 aromatic heterocycles. The minimum Gasteiger partial charge on any atom is -0.497 e. The third kappa shape index (κ3) is 7.51. The summed E-state index contributed by atoms with van der Waals surface area (Å²) < 4.78 is 6.97. The molecule has 0 aliphatic carbocycles. The molecule has 4 N–H and O–H groups in total. The summed E-state index contributed by atoms with van der Waals surface area (Å²) in [5, 5.41) is 18.6. The van der Waals surface area contributed by atoms with Gasteiger partial charge in [-0.1, -0.05) is 25.0 Å². The van der Waals surface area contributed by atoms with Gasteiger partial charge in [-0.25, -0.2) is 19.9 Å². The Kier molecular flexibility index (Phi) is 9.13. The number of hydroxylamine groups is 1. The van der Waals surface area contributed by atoms with Gasteiger partial charge in [0.15, 0.2) is 0 Å². The van der Waals surface area contributed by atoms with E-state index in [1.54, 1.807) is 23.3 Å². The number of urea groups is 1. The minimum absolute atomic E-state index is 0.283. The Morgan fingerprint density at radius 2 is 1.86 bits per heavy atom. The fraction of sp³-hybridized carbons (Fsp3) is 0.375. The van der Waals surface area contributed by atoms with Gasteiger partial charge in [-0.15, -0.1) is 0 Å². The highest BCUT2D eigenvalue weighted by Crippen LogP contribution is 2.25. The Balaban J connectivity index is 1.69. The number of methoxy groups -OCH3 is 1. The van der Waals surface area contributed by atoms with E-state index in [0.29, 0.717) is 36.2 Å². The third-order valence-electron chi connectivity index (χ3n) is 5.26. The van der Waals surface area contributed by atoms with Crippen LogP contribution < -0.4 is 20.9 Å². The number of amides is 3. The minimum atomic E-state index is -0.388. The SMILES string of the molecule is COc1cccc(-c2cc(NC(=O)NCCCCCCC(=O)NO)nc(-n3nc(C)cc3C)n2)c1. The van der Waals surface area contributed by atoms with E-state index in [1.165, 1.54) is 0 Å². The van der Waals surface area contributed by atoms with Gasteiger partial charge in [-0.05, 0) is 44.9 Å². The summed E-state index contributed by atoms with van der Waals surface area (Å²) in [6, 6.07) is 10.7. The highest BCUT2D eigenvalue weighted by molar-refractivity contribution is 5.88. The molecule has 0 saturated carbocycles. The van der Waals surface area contributed by atoms with Crippen LogP contribution in [0.5, 0.6) is 5.75 Å². The van der Waals surface area contributed by atoms with Crippen molar-refractivity contribution in [2.24, 2.45) is 0 Å². The number of nitrogens with one attached hydrogen (secondary N) is 3. The van der Waals surface area contributed by atoms with Gasteiger partial charge < -0.3 is 10.1 Å². The number of aromatic nitrogens is 4. The number of unbranched alkanes of at least 4 members (excludes halogenated alkanes) is 3. The lowest BCUT2D eigenvalue weighted by Crippen LogP contribution is -2.30. The highest BCUT2D eigenvalue weighted by atomic mass is 16.5. The maximum atomic E-state index is 12.5. The van der Waals surface area contributed by atoms with Crippen molar-refractivity contribution >= 4 is 17.8 Å². The van der Waals surface area contributed by atoms with Crippen LogP contribution in [0.25, 0.3) is 17.2 Å². The summed E-state index contributed by atoms with van der Waals surface area (Å²) >= 11 is 0. The van der Waals surface area contributed by atoms with Crippen molar-refractivity contribution in [3.8, 4) is 23.0 Å². The van der Waals surface area contributed by atoms with E-state index < -0.39 is 0 Å². The van der Waals surface area contributed by atoms with Crippen LogP contribution in [-0.4, -0.2) is 50.5 Å². The number of carbonyl (C=O) groups excluding carboxylic acids is 2. The van der Waals surface area contributed by atoms with Crippen molar-refractivity contribution in [1.29, 1.82) is 0 Å². The topological polar surface area (TPSA) is 143 Å². The molecule has 0 aliphatic rings. The molecule has 186 valence electrons. The molecule has 0 unspecified atom stereocenters. The molecule has 11 heteroatoms. The van der Waals surface area contributed by atoms with Crippen LogP contribution in [0.2, 0.25) is 0 Å².